The van der Waals surface area contributed by atoms with E-state index in [1.54, 1.807) is 0 Å². The number of rotatable bonds is 6. The number of hydrogen-bond donors (Lipinski definition) is 1. The summed E-state index contributed by atoms with van der Waals surface area (Å²) in [5.41, 5.74) is 4.00. The van der Waals surface area contributed by atoms with E-state index in [0.29, 0.717) is 6.01 Å². The number of hydrogen-bond acceptors (Lipinski definition) is 5. The molecule has 0 aliphatic rings. The molecular weight excluding hydrogens is 386 g/mol. The molecule has 0 radical (unpaired) electrons. The minimum absolute atomic E-state index is 0.00392. The fourth-order valence-electron chi connectivity index (χ4n) is 3.63. The fraction of sp³-hybridized carbons (Fsp3) is 0.160. The summed E-state index contributed by atoms with van der Waals surface area (Å²) in [5.74, 6) is 0.730. The first-order chi connectivity index (χ1) is 15.2. The summed E-state index contributed by atoms with van der Waals surface area (Å²) in [6.45, 7) is 4.67. The lowest BCUT2D eigenvalue weighted by Gasteiger charge is -2.13. The normalized spacial score (nSPS) is 11.3. The smallest absolute Gasteiger partial charge is 0.319 e. The molecule has 6 heteroatoms. The number of fused-ring (bicyclic) bond motifs is 2. The lowest BCUT2D eigenvalue weighted by atomic mass is 10.2. The number of nitrogens with one attached hydrogen (secondary N) is 1. The van der Waals surface area contributed by atoms with Gasteiger partial charge in [0.1, 0.15) is 5.82 Å². The van der Waals surface area contributed by atoms with Gasteiger partial charge < -0.3 is 14.6 Å². The van der Waals surface area contributed by atoms with E-state index in [4.69, 9.17) is 4.74 Å². The number of anilines is 2. The van der Waals surface area contributed by atoms with Crippen LogP contribution in [0, 0.1) is 0 Å². The van der Waals surface area contributed by atoms with Crippen LogP contribution in [0.4, 0.5) is 11.5 Å². The predicted octanol–water partition coefficient (Wildman–Crippen LogP) is 5.56. The average Bonchev–Trinajstić information content (AvgIpc) is 3.16. The summed E-state index contributed by atoms with van der Waals surface area (Å²) in [5, 5.41) is 5.56. The van der Waals surface area contributed by atoms with Crippen LogP contribution in [0.15, 0.2) is 79.1 Å². The number of pyridine rings is 1. The molecule has 0 saturated carbocycles. The molecule has 31 heavy (non-hydrogen) atoms. The van der Waals surface area contributed by atoms with Crippen molar-refractivity contribution in [2.24, 2.45) is 0 Å². The van der Waals surface area contributed by atoms with E-state index >= 15 is 0 Å². The van der Waals surface area contributed by atoms with Gasteiger partial charge in [0.15, 0.2) is 0 Å². The first kappa shape index (κ1) is 19.1. The number of ether oxygens (including phenoxy) is 1. The Kier molecular flexibility index (Phi) is 4.96. The predicted molar refractivity (Wildman–Crippen MR) is 124 cm³/mol. The van der Waals surface area contributed by atoms with Crippen LogP contribution < -0.4 is 10.1 Å². The summed E-state index contributed by atoms with van der Waals surface area (Å²) in [7, 11) is 0. The van der Waals surface area contributed by atoms with Crippen LogP contribution in [-0.4, -0.2) is 25.6 Å². The van der Waals surface area contributed by atoms with Gasteiger partial charge in [-0.25, -0.2) is 0 Å². The third-order valence-electron chi connectivity index (χ3n) is 5.02. The first-order valence-electron chi connectivity index (χ1n) is 10.3. The largest absolute Gasteiger partial charge is 0.461 e. The molecule has 1 N–H and O–H groups in total. The van der Waals surface area contributed by atoms with Crippen molar-refractivity contribution in [3.63, 3.8) is 0 Å². The lowest BCUT2D eigenvalue weighted by molar-refractivity contribution is 0.223. The quantitative estimate of drug-likeness (QED) is 0.398. The summed E-state index contributed by atoms with van der Waals surface area (Å²) < 4.78 is 7.96. The van der Waals surface area contributed by atoms with Crippen LogP contribution in [-0.2, 0) is 6.54 Å². The molecule has 0 aliphatic carbocycles. The van der Waals surface area contributed by atoms with Gasteiger partial charge in [-0.05, 0) is 62.4 Å². The average molecular weight is 409 g/mol. The van der Waals surface area contributed by atoms with Crippen LogP contribution in [0.2, 0.25) is 0 Å². The molecule has 5 aromatic rings. The zero-order chi connectivity index (χ0) is 21.2. The Balaban J connectivity index is 1.47. The van der Waals surface area contributed by atoms with Gasteiger partial charge in [-0.2, -0.15) is 9.97 Å². The summed E-state index contributed by atoms with van der Waals surface area (Å²) in [6, 6.07) is 22.7. The van der Waals surface area contributed by atoms with Crippen LogP contribution in [0.5, 0.6) is 6.01 Å². The minimum atomic E-state index is 0.00392. The highest BCUT2D eigenvalue weighted by atomic mass is 16.5. The number of benzene rings is 2. The molecule has 3 aromatic heterocycles. The molecule has 0 spiro atoms. The van der Waals surface area contributed by atoms with Crippen molar-refractivity contribution in [3.8, 4) is 6.01 Å². The molecule has 5 rings (SSSR count). The van der Waals surface area contributed by atoms with E-state index in [1.807, 2.05) is 62.5 Å². The highest BCUT2D eigenvalue weighted by Crippen LogP contribution is 2.28. The second-order valence-electron chi connectivity index (χ2n) is 7.70. The second kappa shape index (κ2) is 8.07. The topological polar surface area (TPSA) is 64.9 Å². The van der Waals surface area contributed by atoms with Crippen molar-refractivity contribution in [2.75, 3.05) is 5.32 Å². The monoisotopic (exact) mass is 409 g/mol. The van der Waals surface area contributed by atoms with Crippen LogP contribution in [0.3, 0.4) is 0 Å². The lowest BCUT2D eigenvalue weighted by Crippen LogP contribution is -2.09. The SMILES string of the molecule is CC(C)Oc1nc(Nc2ccc3c(ccn3Cc3ccccn3)c2)c2ccccc2n1. The van der Waals surface area contributed by atoms with E-state index in [1.165, 1.54) is 0 Å². The molecule has 0 amide bonds. The van der Waals surface area contributed by atoms with Gasteiger partial charge in [-0.3, -0.25) is 4.98 Å². The van der Waals surface area contributed by atoms with E-state index in [2.05, 4.69) is 55.3 Å². The van der Waals surface area contributed by atoms with Gasteiger partial charge in [-0.1, -0.05) is 18.2 Å². The Morgan fingerprint density at radius 3 is 2.68 bits per heavy atom. The summed E-state index contributed by atoms with van der Waals surface area (Å²) in [4.78, 5) is 13.6. The Bertz CT molecular complexity index is 1340. The second-order valence-corrected chi connectivity index (χ2v) is 7.70. The highest BCUT2D eigenvalue weighted by Gasteiger charge is 2.11. The maximum Gasteiger partial charge on any atom is 0.319 e. The van der Waals surface area contributed by atoms with Crippen molar-refractivity contribution in [3.05, 3.63) is 84.8 Å². The standard InChI is InChI=1S/C25H23N5O/c1-17(2)31-25-28-22-9-4-3-8-21(22)24(29-25)27-19-10-11-23-18(15-19)12-14-30(23)16-20-7-5-6-13-26-20/h3-15,17H,16H2,1-2H3,(H,27,28,29). The van der Waals surface area contributed by atoms with Gasteiger partial charge in [0.05, 0.1) is 23.9 Å². The van der Waals surface area contributed by atoms with Crippen LogP contribution in [0.1, 0.15) is 19.5 Å². The van der Waals surface area contributed by atoms with Crippen molar-refractivity contribution in [2.45, 2.75) is 26.5 Å². The fourth-order valence-corrected chi connectivity index (χ4v) is 3.63. The molecule has 0 unspecified atom stereocenters. The molecule has 2 aromatic carbocycles. The third kappa shape index (κ3) is 4.05. The van der Waals surface area contributed by atoms with E-state index < -0.39 is 0 Å². The Hall–Kier alpha value is -3.93. The number of nitrogens with zero attached hydrogens (tertiary/aromatic N) is 4. The van der Waals surface area contributed by atoms with Crippen molar-refractivity contribution < 1.29 is 4.74 Å². The highest BCUT2D eigenvalue weighted by molar-refractivity contribution is 5.92. The van der Waals surface area contributed by atoms with Gasteiger partial charge in [0, 0.05) is 34.4 Å². The summed E-state index contributed by atoms with van der Waals surface area (Å²) in [6.07, 6.45) is 3.92. The Morgan fingerprint density at radius 2 is 1.84 bits per heavy atom. The third-order valence-corrected chi connectivity index (χ3v) is 5.02. The number of para-hydroxylation sites is 1. The Morgan fingerprint density at radius 1 is 0.968 bits per heavy atom. The molecule has 6 nitrogen and oxygen atoms in total. The van der Waals surface area contributed by atoms with Gasteiger partial charge in [0.25, 0.3) is 0 Å². The molecule has 154 valence electrons. The first-order valence-corrected chi connectivity index (χ1v) is 10.3. The molecular formula is C25H23N5O. The van der Waals surface area contributed by atoms with E-state index in [0.717, 1.165) is 45.5 Å². The molecule has 0 aliphatic heterocycles. The zero-order valence-corrected chi connectivity index (χ0v) is 17.5. The molecule has 3 heterocycles. The van der Waals surface area contributed by atoms with E-state index in [-0.39, 0.29) is 6.10 Å². The minimum Gasteiger partial charge on any atom is -0.461 e. The van der Waals surface area contributed by atoms with Gasteiger partial charge in [-0.15, -0.1) is 0 Å². The van der Waals surface area contributed by atoms with Gasteiger partial charge in [0.2, 0.25) is 0 Å². The molecule has 0 atom stereocenters. The van der Waals surface area contributed by atoms with Crippen LogP contribution >= 0.6 is 0 Å². The maximum absolute atomic E-state index is 5.76. The summed E-state index contributed by atoms with van der Waals surface area (Å²) >= 11 is 0. The maximum atomic E-state index is 5.76. The van der Waals surface area contributed by atoms with E-state index in [9.17, 15) is 0 Å². The molecule has 0 saturated heterocycles. The van der Waals surface area contributed by atoms with Gasteiger partial charge >= 0.3 is 6.01 Å². The molecule has 0 fully saturated rings. The van der Waals surface area contributed by atoms with Crippen LogP contribution in [0.25, 0.3) is 21.8 Å². The van der Waals surface area contributed by atoms with Crippen molar-refractivity contribution in [1.29, 1.82) is 0 Å². The van der Waals surface area contributed by atoms with Crippen molar-refractivity contribution >= 4 is 33.3 Å². The van der Waals surface area contributed by atoms with Crippen molar-refractivity contribution in [1.82, 2.24) is 19.5 Å². The number of aromatic nitrogens is 4. The zero-order valence-electron chi connectivity index (χ0n) is 17.5. The molecule has 0 bridgehead atoms. The Labute approximate surface area is 180 Å².